The summed E-state index contributed by atoms with van der Waals surface area (Å²) in [7, 11) is 0. The third-order valence-electron chi connectivity index (χ3n) is 3.27. The average Bonchev–Trinajstić information content (AvgIpc) is 2.69. The highest BCUT2D eigenvalue weighted by molar-refractivity contribution is 8.00. The number of aryl methyl sites for hydroxylation is 2. The fraction of sp³-hybridized carbons (Fsp3) is 0.533. The number of nitriles is 1. The van der Waals surface area contributed by atoms with Crippen LogP contribution in [-0.2, 0) is 6.54 Å². The van der Waals surface area contributed by atoms with Gasteiger partial charge in [0.05, 0.1) is 16.7 Å². The van der Waals surface area contributed by atoms with Crippen LogP contribution < -0.4 is 5.56 Å². The topological polar surface area (TPSA) is 58.7 Å². The Kier molecular flexibility index (Phi) is 4.74. The van der Waals surface area contributed by atoms with Gasteiger partial charge in [0.1, 0.15) is 4.83 Å². The van der Waals surface area contributed by atoms with E-state index in [2.05, 4.69) is 24.9 Å². The Bertz CT molecular complexity index is 768. The number of hydrogen-bond acceptors (Lipinski definition) is 5. The molecule has 0 radical (unpaired) electrons. The molecule has 0 amide bonds. The quantitative estimate of drug-likeness (QED) is 0.636. The predicted octanol–water partition coefficient (Wildman–Crippen LogP) is 3.74. The van der Waals surface area contributed by atoms with Gasteiger partial charge in [-0.15, -0.1) is 11.3 Å². The van der Waals surface area contributed by atoms with Gasteiger partial charge in [0.2, 0.25) is 0 Å². The molecule has 2 aromatic heterocycles. The first-order valence-corrected chi connectivity index (χ1v) is 8.61. The van der Waals surface area contributed by atoms with Crippen molar-refractivity contribution in [1.29, 1.82) is 5.26 Å². The van der Waals surface area contributed by atoms with Gasteiger partial charge in [-0.25, -0.2) is 4.98 Å². The molecule has 0 fully saturated rings. The van der Waals surface area contributed by atoms with Crippen molar-refractivity contribution in [3.8, 4) is 6.07 Å². The summed E-state index contributed by atoms with van der Waals surface area (Å²) in [6.07, 6.45) is 0. The van der Waals surface area contributed by atoms with Gasteiger partial charge in [0.25, 0.3) is 5.56 Å². The highest BCUT2D eigenvalue weighted by Crippen LogP contribution is 2.29. The standard InChI is InChI=1S/C15H19N3OS2/c1-8(2)7-18-14(19)12-10(4)11(5)21-13(12)17-15(18)20-9(3)6-16/h8-9H,7H2,1-5H3/t9-/m1/s1. The van der Waals surface area contributed by atoms with E-state index < -0.39 is 0 Å². The fourth-order valence-electron chi connectivity index (χ4n) is 2.11. The molecule has 0 saturated heterocycles. The second-order valence-corrected chi connectivity index (χ2v) is 8.07. The normalized spacial score (nSPS) is 12.8. The molecule has 21 heavy (non-hydrogen) atoms. The third kappa shape index (κ3) is 3.14. The van der Waals surface area contributed by atoms with Crippen molar-refractivity contribution in [2.24, 2.45) is 5.92 Å². The van der Waals surface area contributed by atoms with Crippen LogP contribution >= 0.6 is 23.1 Å². The van der Waals surface area contributed by atoms with Crippen molar-refractivity contribution in [3.05, 3.63) is 20.8 Å². The number of fused-ring (bicyclic) bond motifs is 1. The smallest absolute Gasteiger partial charge is 0.263 e. The van der Waals surface area contributed by atoms with E-state index in [0.717, 1.165) is 20.7 Å². The van der Waals surface area contributed by atoms with E-state index >= 15 is 0 Å². The predicted molar refractivity (Wildman–Crippen MR) is 89.1 cm³/mol. The molecule has 2 heterocycles. The van der Waals surface area contributed by atoms with Crippen LogP contribution in [0.3, 0.4) is 0 Å². The van der Waals surface area contributed by atoms with Crippen LogP contribution in [0.2, 0.25) is 0 Å². The summed E-state index contributed by atoms with van der Waals surface area (Å²) in [5.74, 6) is 0.346. The van der Waals surface area contributed by atoms with Crippen molar-refractivity contribution in [1.82, 2.24) is 9.55 Å². The van der Waals surface area contributed by atoms with Gasteiger partial charge in [0.15, 0.2) is 5.16 Å². The van der Waals surface area contributed by atoms with Crippen molar-refractivity contribution in [2.75, 3.05) is 0 Å². The van der Waals surface area contributed by atoms with Crippen molar-refractivity contribution in [2.45, 2.75) is 51.6 Å². The maximum absolute atomic E-state index is 12.8. The molecule has 0 bridgehead atoms. The second-order valence-electron chi connectivity index (χ2n) is 5.56. The highest BCUT2D eigenvalue weighted by Gasteiger charge is 2.18. The van der Waals surface area contributed by atoms with Gasteiger partial charge in [-0.05, 0) is 32.3 Å². The highest BCUT2D eigenvalue weighted by atomic mass is 32.2. The molecule has 4 nitrogen and oxygen atoms in total. The van der Waals surface area contributed by atoms with Crippen LogP contribution in [0.15, 0.2) is 9.95 Å². The van der Waals surface area contributed by atoms with Crippen LogP contribution in [0, 0.1) is 31.1 Å². The number of aromatic nitrogens is 2. The number of nitrogens with zero attached hydrogens (tertiary/aromatic N) is 3. The van der Waals surface area contributed by atoms with E-state index in [4.69, 9.17) is 5.26 Å². The maximum Gasteiger partial charge on any atom is 0.263 e. The Balaban J connectivity index is 2.71. The summed E-state index contributed by atoms with van der Waals surface area (Å²) in [6, 6.07) is 2.19. The molecule has 0 N–H and O–H groups in total. The first kappa shape index (κ1) is 16.1. The van der Waals surface area contributed by atoms with Crippen LogP contribution in [0.5, 0.6) is 0 Å². The molecule has 0 aromatic carbocycles. The van der Waals surface area contributed by atoms with E-state index in [9.17, 15) is 4.79 Å². The van der Waals surface area contributed by atoms with E-state index in [1.807, 2.05) is 20.8 Å². The lowest BCUT2D eigenvalue weighted by molar-refractivity contribution is 0.475. The number of thioether (sulfide) groups is 1. The molecule has 0 aliphatic carbocycles. The summed E-state index contributed by atoms with van der Waals surface area (Å²) >= 11 is 2.90. The van der Waals surface area contributed by atoms with E-state index in [1.54, 1.807) is 15.9 Å². The lowest BCUT2D eigenvalue weighted by Crippen LogP contribution is -2.25. The Morgan fingerprint density at radius 3 is 2.62 bits per heavy atom. The molecule has 0 spiro atoms. The molecule has 0 aliphatic rings. The largest absolute Gasteiger partial charge is 0.287 e. The van der Waals surface area contributed by atoms with E-state index in [-0.39, 0.29) is 10.8 Å². The van der Waals surface area contributed by atoms with Gasteiger partial charge >= 0.3 is 0 Å². The Morgan fingerprint density at radius 1 is 1.38 bits per heavy atom. The number of hydrogen-bond donors (Lipinski definition) is 0. The SMILES string of the molecule is Cc1sc2nc(S[C@H](C)C#N)n(CC(C)C)c(=O)c2c1C. The Labute approximate surface area is 132 Å². The number of thiophene rings is 1. The summed E-state index contributed by atoms with van der Waals surface area (Å²) in [6.45, 7) is 10.6. The van der Waals surface area contributed by atoms with Crippen molar-refractivity contribution < 1.29 is 0 Å². The maximum atomic E-state index is 12.8. The zero-order valence-electron chi connectivity index (χ0n) is 12.9. The van der Waals surface area contributed by atoms with Gasteiger partial charge in [-0.3, -0.25) is 9.36 Å². The van der Waals surface area contributed by atoms with Gasteiger partial charge in [-0.1, -0.05) is 25.6 Å². The number of rotatable bonds is 4. The molecule has 0 saturated carbocycles. The minimum atomic E-state index is -0.227. The second kappa shape index (κ2) is 6.20. The average molecular weight is 321 g/mol. The van der Waals surface area contributed by atoms with Crippen molar-refractivity contribution >= 4 is 33.3 Å². The summed E-state index contributed by atoms with van der Waals surface area (Å²) in [5, 5.41) is 10.2. The molecule has 2 aromatic rings. The summed E-state index contributed by atoms with van der Waals surface area (Å²) < 4.78 is 1.73. The third-order valence-corrected chi connectivity index (χ3v) is 5.35. The molecule has 1 atom stereocenters. The lowest BCUT2D eigenvalue weighted by atomic mass is 10.2. The monoisotopic (exact) mass is 321 g/mol. The molecule has 0 unspecified atom stereocenters. The zero-order chi connectivity index (χ0) is 15.7. The van der Waals surface area contributed by atoms with Gasteiger partial charge in [-0.2, -0.15) is 5.26 Å². The van der Waals surface area contributed by atoms with Crippen LogP contribution in [0.1, 0.15) is 31.2 Å². The Morgan fingerprint density at radius 2 is 2.05 bits per heavy atom. The molecule has 112 valence electrons. The minimum absolute atomic E-state index is 0.0168. The van der Waals surface area contributed by atoms with E-state index in [0.29, 0.717) is 17.6 Å². The van der Waals surface area contributed by atoms with Crippen LogP contribution in [0.4, 0.5) is 0 Å². The van der Waals surface area contributed by atoms with Crippen LogP contribution in [0.25, 0.3) is 10.2 Å². The van der Waals surface area contributed by atoms with Crippen molar-refractivity contribution in [3.63, 3.8) is 0 Å². The fourth-order valence-corrected chi connectivity index (χ4v) is 3.98. The van der Waals surface area contributed by atoms with Gasteiger partial charge < -0.3 is 0 Å². The first-order valence-electron chi connectivity index (χ1n) is 6.92. The minimum Gasteiger partial charge on any atom is -0.287 e. The zero-order valence-corrected chi connectivity index (χ0v) is 14.6. The Hall–Kier alpha value is -1.32. The lowest BCUT2D eigenvalue weighted by Gasteiger charge is -2.14. The summed E-state index contributed by atoms with van der Waals surface area (Å²) in [4.78, 5) is 19.4. The van der Waals surface area contributed by atoms with Crippen LogP contribution in [-0.4, -0.2) is 14.8 Å². The first-order chi connectivity index (χ1) is 9.85. The summed E-state index contributed by atoms with van der Waals surface area (Å²) in [5.41, 5.74) is 1.04. The molecule has 0 aliphatic heterocycles. The van der Waals surface area contributed by atoms with E-state index in [1.165, 1.54) is 11.8 Å². The molecule has 2 rings (SSSR count). The molecular weight excluding hydrogens is 302 g/mol. The molecular formula is C15H19N3OS2. The molecule has 6 heteroatoms. The van der Waals surface area contributed by atoms with Gasteiger partial charge in [0, 0.05) is 11.4 Å².